The average Bonchev–Trinajstić information content (AvgIpc) is 3.39. The van der Waals surface area contributed by atoms with E-state index in [1.807, 2.05) is 19.9 Å². The van der Waals surface area contributed by atoms with Crippen LogP contribution in [0.4, 0.5) is 24.8 Å². The fourth-order valence-electron chi connectivity index (χ4n) is 5.23. The number of aromatic nitrogens is 4. The summed E-state index contributed by atoms with van der Waals surface area (Å²) in [6.07, 6.45) is -0.991. The van der Waals surface area contributed by atoms with Crippen LogP contribution in [0.3, 0.4) is 0 Å². The van der Waals surface area contributed by atoms with Crippen molar-refractivity contribution in [2.24, 2.45) is 5.92 Å². The van der Waals surface area contributed by atoms with E-state index in [-0.39, 0.29) is 5.56 Å². The monoisotopic (exact) mass is 444 g/mol. The Kier molecular flexibility index (Phi) is 3.92. The maximum absolute atomic E-state index is 13.5. The summed E-state index contributed by atoms with van der Waals surface area (Å²) in [4.78, 5) is 15.8. The summed E-state index contributed by atoms with van der Waals surface area (Å²) in [5, 5.41) is 0. The summed E-state index contributed by atoms with van der Waals surface area (Å²) >= 11 is 0. The number of anilines is 2. The normalized spacial score (nSPS) is 24.0. The lowest BCUT2D eigenvalue weighted by atomic mass is 9.86. The van der Waals surface area contributed by atoms with Crippen LogP contribution in [0, 0.1) is 5.92 Å². The number of fused-ring (bicyclic) bond motifs is 4. The quantitative estimate of drug-likeness (QED) is 0.645. The minimum absolute atomic E-state index is 0.281. The molecule has 3 aromatic heterocycles. The van der Waals surface area contributed by atoms with Crippen LogP contribution in [0.2, 0.25) is 0 Å². The number of hydrogen-bond acceptors (Lipinski definition) is 6. The molecule has 4 aliphatic rings. The third-order valence-corrected chi connectivity index (χ3v) is 6.93. The lowest BCUT2D eigenvalue weighted by Crippen LogP contribution is -2.33. The van der Waals surface area contributed by atoms with Gasteiger partial charge in [0.05, 0.1) is 23.4 Å². The molecule has 2 N–H and O–H groups in total. The Labute approximate surface area is 182 Å². The molecule has 168 valence electrons. The van der Waals surface area contributed by atoms with E-state index in [0.717, 1.165) is 48.1 Å². The number of nitrogen functional groups attached to an aromatic ring is 1. The first-order valence-corrected chi connectivity index (χ1v) is 10.8. The zero-order valence-electron chi connectivity index (χ0n) is 17.8. The van der Waals surface area contributed by atoms with Crippen molar-refractivity contribution in [3.05, 3.63) is 29.7 Å². The third kappa shape index (κ3) is 2.81. The van der Waals surface area contributed by atoms with E-state index >= 15 is 0 Å². The van der Waals surface area contributed by atoms with Gasteiger partial charge in [-0.2, -0.15) is 13.2 Å². The van der Waals surface area contributed by atoms with Gasteiger partial charge in [-0.05, 0) is 44.7 Å². The van der Waals surface area contributed by atoms with Crippen molar-refractivity contribution >= 4 is 22.7 Å². The average molecular weight is 444 g/mol. The number of ether oxygens (including phenoxy) is 1. The molecule has 1 saturated carbocycles. The molecule has 0 spiro atoms. The molecule has 3 fully saturated rings. The first-order valence-electron chi connectivity index (χ1n) is 10.8. The molecule has 0 unspecified atom stereocenters. The predicted octanol–water partition coefficient (Wildman–Crippen LogP) is 3.96. The van der Waals surface area contributed by atoms with E-state index in [2.05, 4.69) is 14.5 Å². The van der Waals surface area contributed by atoms with Gasteiger partial charge >= 0.3 is 6.18 Å². The minimum atomic E-state index is -4.59. The second-order valence-electron chi connectivity index (χ2n) is 9.44. The van der Waals surface area contributed by atoms with E-state index < -0.39 is 23.2 Å². The van der Waals surface area contributed by atoms with E-state index in [0.29, 0.717) is 30.8 Å². The van der Waals surface area contributed by atoms with Crippen LogP contribution in [-0.2, 0) is 23.1 Å². The number of halogens is 3. The number of rotatable bonds is 2. The molecule has 10 heteroatoms. The van der Waals surface area contributed by atoms with Gasteiger partial charge in [-0.15, -0.1) is 0 Å². The summed E-state index contributed by atoms with van der Waals surface area (Å²) in [6.45, 7) is 6.01. The second-order valence-corrected chi connectivity index (χ2v) is 9.44. The van der Waals surface area contributed by atoms with Crippen molar-refractivity contribution in [3.8, 4) is 11.3 Å². The van der Waals surface area contributed by atoms with Gasteiger partial charge in [0.25, 0.3) is 0 Å². The zero-order valence-corrected chi connectivity index (χ0v) is 17.8. The van der Waals surface area contributed by atoms with Crippen LogP contribution in [0.5, 0.6) is 0 Å². The van der Waals surface area contributed by atoms with Crippen molar-refractivity contribution in [1.29, 1.82) is 0 Å². The zero-order chi connectivity index (χ0) is 22.4. The van der Waals surface area contributed by atoms with Gasteiger partial charge in [-0.3, -0.25) is 0 Å². The topological polar surface area (TPSA) is 82.1 Å². The fraction of sp³-hybridized carbons (Fsp3) is 0.500. The van der Waals surface area contributed by atoms with E-state index in [1.54, 1.807) is 0 Å². The van der Waals surface area contributed by atoms with Gasteiger partial charge in [-0.25, -0.2) is 15.0 Å². The first kappa shape index (κ1) is 19.8. The number of hydrogen-bond donors (Lipinski definition) is 1. The number of nitrogens with two attached hydrogens (primary N) is 1. The molecule has 0 atom stereocenters. The summed E-state index contributed by atoms with van der Waals surface area (Å²) < 4.78 is 48.4. The van der Waals surface area contributed by atoms with Crippen LogP contribution >= 0.6 is 0 Å². The highest BCUT2D eigenvalue weighted by Gasteiger charge is 2.45. The minimum Gasteiger partial charge on any atom is -0.383 e. The molecule has 0 radical (unpaired) electrons. The molecule has 0 aromatic carbocycles. The number of alkyl halides is 3. The third-order valence-electron chi connectivity index (χ3n) is 6.93. The van der Waals surface area contributed by atoms with E-state index in [4.69, 9.17) is 20.4 Å². The molecule has 7 rings (SSSR count). The van der Waals surface area contributed by atoms with Crippen LogP contribution in [0.1, 0.15) is 38.1 Å². The Bertz CT molecular complexity index is 1240. The van der Waals surface area contributed by atoms with Crippen LogP contribution in [-0.4, -0.2) is 38.7 Å². The van der Waals surface area contributed by atoms with Gasteiger partial charge in [0.2, 0.25) is 0 Å². The lowest BCUT2D eigenvalue weighted by Gasteiger charge is -2.30. The number of imidazole rings is 1. The Balaban J connectivity index is 1.59. The summed E-state index contributed by atoms with van der Waals surface area (Å²) in [5.41, 5.74) is 6.34. The van der Waals surface area contributed by atoms with Crippen molar-refractivity contribution < 1.29 is 17.9 Å². The van der Waals surface area contributed by atoms with E-state index in [1.165, 1.54) is 6.20 Å². The van der Waals surface area contributed by atoms with Crippen LogP contribution < -0.4 is 10.6 Å². The number of pyridine rings is 2. The Morgan fingerprint density at radius 2 is 1.97 bits per heavy atom. The Morgan fingerprint density at radius 1 is 1.19 bits per heavy atom. The predicted molar refractivity (Wildman–Crippen MR) is 113 cm³/mol. The maximum atomic E-state index is 13.5. The van der Waals surface area contributed by atoms with Gasteiger partial charge in [0.15, 0.2) is 5.82 Å². The smallest absolute Gasteiger partial charge is 0.383 e. The van der Waals surface area contributed by atoms with Gasteiger partial charge in [0, 0.05) is 30.9 Å². The molecule has 0 amide bonds. The summed E-state index contributed by atoms with van der Waals surface area (Å²) in [7, 11) is 0. The molecule has 32 heavy (non-hydrogen) atoms. The lowest BCUT2D eigenvalue weighted by molar-refractivity contribution is -0.137. The number of nitrogens with zero attached hydrogens (tertiary/aromatic N) is 5. The molecular formula is C22H23F3N6O. The first-order chi connectivity index (χ1) is 15.1. The van der Waals surface area contributed by atoms with Crippen molar-refractivity contribution in [1.82, 2.24) is 19.5 Å². The molecule has 2 bridgehead atoms. The molecule has 2 saturated heterocycles. The summed E-state index contributed by atoms with van der Waals surface area (Å²) in [6, 6.07) is 3.25. The fourth-order valence-corrected chi connectivity index (χ4v) is 5.23. The Morgan fingerprint density at radius 3 is 2.66 bits per heavy atom. The summed E-state index contributed by atoms with van der Waals surface area (Å²) in [5.74, 6) is 1.64. The Hall–Kier alpha value is -2.88. The van der Waals surface area contributed by atoms with Gasteiger partial charge in [-0.1, -0.05) is 0 Å². The highest BCUT2D eigenvalue weighted by Crippen LogP contribution is 2.46. The highest BCUT2D eigenvalue weighted by atomic mass is 19.4. The SMILES string of the molecule is CC1(C)OCCn2c1nc1c(N3CC4CC3C4)nc(-c3cnc(N)c(C(F)(F)F)c3)cc12. The van der Waals surface area contributed by atoms with Crippen molar-refractivity contribution in [3.63, 3.8) is 0 Å². The molecule has 3 aliphatic heterocycles. The molecular weight excluding hydrogens is 421 g/mol. The van der Waals surface area contributed by atoms with Crippen molar-refractivity contribution in [2.75, 3.05) is 23.8 Å². The van der Waals surface area contributed by atoms with E-state index in [9.17, 15) is 13.2 Å². The standard InChI is InChI=1S/C22H23F3N6O/c1-21(2)20-29-17-16(30(20)3-4-32-21)8-15(28-19(17)31-10-11-5-13(31)6-11)12-7-14(22(23,24)25)18(26)27-9-12/h7-9,11,13H,3-6,10H2,1-2H3,(H2,26,27). The second kappa shape index (κ2) is 6.34. The van der Waals surface area contributed by atoms with Gasteiger partial charge in [0.1, 0.15) is 22.8 Å². The maximum Gasteiger partial charge on any atom is 0.419 e. The highest BCUT2D eigenvalue weighted by molar-refractivity contribution is 5.91. The van der Waals surface area contributed by atoms with Crippen LogP contribution in [0.15, 0.2) is 18.3 Å². The molecule has 6 heterocycles. The van der Waals surface area contributed by atoms with Crippen LogP contribution in [0.25, 0.3) is 22.3 Å². The largest absolute Gasteiger partial charge is 0.419 e. The molecule has 3 aromatic rings. The molecule has 1 aliphatic carbocycles. The van der Waals surface area contributed by atoms with Crippen molar-refractivity contribution in [2.45, 2.75) is 51.1 Å². The molecule has 7 nitrogen and oxygen atoms in total. The van der Waals surface area contributed by atoms with Gasteiger partial charge < -0.3 is 19.9 Å².